The number of nitrogens with two attached hydrogens (primary N) is 1. The van der Waals surface area contributed by atoms with Gasteiger partial charge in [-0.3, -0.25) is 14.5 Å². The molecule has 4 rings (SSSR count). The number of aliphatic carboxylic acids is 1. The average molecular weight is 512 g/mol. The number of thioether (sulfide) groups is 2. The van der Waals surface area contributed by atoms with E-state index in [9.17, 15) is 19.5 Å². The SMILES string of the molecule is CO[C@@]1(NC(=O)Cc2ccc(CN)s2)C(=O)N2C(C(=O)O)=C(C(C)Sc3nnn[nH]3)CS[C@H]21. The number of hydrogen-bond acceptors (Lipinski definition) is 11. The molecule has 0 bridgehead atoms. The molecule has 1 fully saturated rings. The Morgan fingerprint density at radius 3 is 2.85 bits per heavy atom. The molecule has 0 aromatic carbocycles. The molecule has 12 nitrogen and oxygen atoms in total. The molecule has 2 aliphatic rings. The summed E-state index contributed by atoms with van der Waals surface area (Å²) in [5.74, 6) is -1.92. The third-order valence-corrected chi connectivity index (χ3v) is 8.75. The van der Waals surface area contributed by atoms with Crippen LogP contribution < -0.4 is 11.1 Å². The number of carbonyl (C=O) groups is 3. The van der Waals surface area contributed by atoms with Gasteiger partial charge in [-0.25, -0.2) is 9.89 Å². The number of tetrazole rings is 1. The number of methoxy groups -OCH3 is 1. The fourth-order valence-corrected chi connectivity index (χ4v) is 7.10. The molecule has 1 saturated heterocycles. The van der Waals surface area contributed by atoms with Gasteiger partial charge in [-0.05, 0) is 35.1 Å². The van der Waals surface area contributed by atoms with Crippen LogP contribution in [0.25, 0.3) is 0 Å². The third-order valence-electron chi connectivity index (χ3n) is 5.27. The highest BCUT2D eigenvalue weighted by Gasteiger charge is 2.66. The van der Waals surface area contributed by atoms with Gasteiger partial charge < -0.3 is 20.9 Å². The van der Waals surface area contributed by atoms with Crippen molar-refractivity contribution < 1.29 is 24.2 Å². The number of thiophene rings is 1. The van der Waals surface area contributed by atoms with Gasteiger partial charge in [0, 0.05) is 34.4 Å². The first-order chi connectivity index (χ1) is 15.8. The molecule has 2 amide bonds. The number of H-pyrrole nitrogens is 1. The number of hydrogen-bond donors (Lipinski definition) is 4. The second-order valence-corrected chi connectivity index (χ2v) is 10.9. The summed E-state index contributed by atoms with van der Waals surface area (Å²) in [6, 6.07) is 3.67. The number of rotatable bonds is 9. The Hall–Kier alpha value is -2.46. The number of aromatic amines is 1. The van der Waals surface area contributed by atoms with Crippen LogP contribution in [-0.2, 0) is 32.1 Å². The lowest BCUT2D eigenvalue weighted by atomic mass is 9.97. The van der Waals surface area contributed by atoms with Gasteiger partial charge in [0.1, 0.15) is 11.1 Å². The number of carboxylic acids is 1. The van der Waals surface area contributed by atoms with Crippen LogP contribution >= 0.6 is 34.9 Å². The molecule has 2 aromatic rings. The molecule has 0 saturated carbocycles. The lowest BCUT2D eigenvalue weighted by molar-refractivity contribution is -0.192. The van der Waals surface area contributed by atoms with Gasteiger partial charge in [0.05, 0.1) is 6.42 Å². The Morgan fingerprint density at radius 1 is 1.48 bits per heavy atom. The molecule has 5 N–H and O–H groups in total. The average Bonchev–Trinajstić information content (AvgIpc) is 3.47. The van der Waals surface area contributed by atoms with Gasteiger partial charge >= 0.3 is 5.97 Å². The van der Waals surface area contributed by atoms with Crippen LogP contribution in [0, 0.1) is 0 Å². The van der Waals surface area contributed by atoms with E-state index < -0.39 is 28.9 Å². The van der Waals surface area contributed by atoms with Gasteiger partial charge in [0.2, 0.25) is 11.1 Å². The number of carbonyl (C=O) groups excluding carboxylic acids is 2. The molecule has 0 spiro atoms. The maximum atomic E-state index is 13.2. The standard InChI is InChI=1S/C18H21N7O5S3/c1-8(32-17-21-23-24-22-17)11-7-31-16-18(30-2,15(29)25(16)13(11)14(27)28)20-12(26)5-9-3-4-10(6-19)33-9/h3-4,8,16H,5-7,19H2,1-2H3,(H,20,26)(H,27,28)(H,21,22,23,24)/t8?,16-,18-/m0/s1. The zero-order chi connectivity index (χ0) is 23.8. The highest BCUT2D eigenvalue weighted by molar-refractivity contribution is 8.01. The van der Waals surface area contributed by atoms with Crippen molar-refractivity contribution in [1.29, 1.82) is 0 Å². The van der Waals surface area contributed by atoms with Crippen LogP contribution in [-0.4, -0.2) is 77.6 Å². The van der Waals surface area contributed by atoms with Crippen molar-refractivity contribution >= 4 is 52.6 Å². The van der Waals surface area contributed by atoms with Crippen molar-refractivity contribution in [3.05, 3.63) is 33.2 Å². The number of nitrogens with zero attached hydrogens (tertiary/aromatic N) is 4. The molecule has 176 valence electrons. The van der Waals surface area contributed by atoms with E-state index in [4.69, 9.17) is 10.5 Å². The van der Waals surface area contributed by atoms with Crippen molar-refractivity contribution in [1.82, 2.24) is 30.8 Å². The summed E-state index contributed by atoms with van der Waals surface area (Å²) in [5, 5.41) is 25.5. The van der Waals surface area contributed by atoms with E-state index in [-0.39, 0.29) is 17.4 Å². The van der Waals surface area contributed by atoms with Crippen molar-refractivity contribution in [3.8, 4) is 0 Å². The van der Waals surface area contributed by atoms with Crippen molar-refractivity contribution in [2.45, 2.75) is 41.4 Å². The van der Waals surface area contributed by atoms with Crippen LogP contribution in [0.1, 0.15) is 16.7 Å². The summed E-state index contributed by atoms with van der Waals surface area (Å²) >= 11 is 4.01. The highest BCUT2D eigenvalue weighted by atomic mass is 32.2. The van der Waals surface area contributed by atoms with E-state index in [1.54, 1.807) is 0 Å². The molecule has 0 aliphatic carbocycles. The molecule has 15 heteroatoms. The summed E-state index contributed by atoms with van der Waals surface area (Å²) in [6.07, 6.45) is 0.0617. The lowest BCUT2D eigenvalue weighted by Gasteiger charge is -2.56. The minimum atomic E-state index is -1.63. The van der Waals surface area contributed by atoms with E-state index in [2.05, 4.69) is 25.9 Å². The van der Waals surface area contributed by atoms with Gasteiger partial charge in [-0.1, -0.05) is 11.8 Å². The molecule has 2 aliphatic heterocycles. The number of fused-ring (bicyclic) bond motifs is 1. The molecular weight excluding hydrogens is 490 g/mol. The highest BCUT2D eigenvalue weighted by Crippen LogP contribution is 2.48. The van der Waals surface area contributed by atoms with Crippen LogP contribution in [0.15, 0.2) is 28.6 Å². The fourth-order valence-electron chi connectivity index (χ4n) is 3.69. The fraction of sp³-hybridized carbons (Fsp3) is 0.444. The number of ether oxygens (including phenoxy) is 1. The summed E-state index contributed by atoms with van der Waals surface area (Å²) in [5.41, 5.74) is 4.44. The van der Waals surface area contributed by atoms with E-state index in [0.29, 0.717) is 23.0 Å². The Balaban J connectivity index is 1.54. The maximum Gasteiger partial charge on any atom is 0.352 e. The van der Waals surface area contributed by atoms with Gasteiger partial charge in [-0.15, -0.1) is 28.2 Å². The summed E-state index contributed by atoms with van der Waals surface area (Å²) < 4.78 is 5.49. The molecule has 33 heavy (non-hydrogen) atoms. The normalized spacial score (nSPS) is 23.2. The smallest absolute Gasteiger partial charge is 0.352 e. The summed E-state index contributed by atoms with van der Waals surface area (Å²) in [4.78, 5) is 41.0. The van der Waals surface area contributed by atoms with Gasteiger partial charge in [-0.2, -0.15) is 0 Å². The minimum Gasteiger partial charge on any atom is -0.477 e. The van der Waals surface area contributed by atoms with E-state index >= 15 is 0 Å². The predicted octanol–water partition coefficient (Wildman–Crippen LogP) is 0.156. The predicted molar refractivity (Wildman–Crippen MR) is 121 cm³/mol. The van der Waals surface area contributed by atoms with Crippen LogP contribution in [0.2, 0.25) is 0 Å². The second-order valence-electron chi connectivity index (χ2n) is 7.22. The van der Waals surface area contributed by atoms with Gasteiger partial charge in [0.25, 0.3) is 11.6 Å². The number of carboxylic acid groups (broad SMARTS) is 1. The van der Waals surface area contributed by atoms with Crippen LogP contribution in [0.4, 0.5) is 0 Å². The topological polar surface area (TPSA) is 176 Å². The molecule has 4 heterocycles. The first-order valence-corrected chi connectivity index (χ1v) is 12.5. The summed E-state index contributed by atoms with van der Waals surface area (Å²) in [7, 11) is 1.32. The van der Waals surface area contributed by atoms with E-state index in [1.165, 1.54) is 46.9 Å². The number of nitrogens with one attached hydrogen (secondary N) is 2. The van der Waals surface area contributed by atoms with E-state index in [1.807, 2.05) is 19.1 Å². The molecule has 0 radical (unpaired) electrons. The summed E-state index contributed by atoms with van der Waals surface area (Å²) in [6.45, 7) is 2.20. The largest absolute Gasteiger partial charge is 0.477 e. The van der Waals surface area contributed by atoms with Crippen molar-refractivity contribution in [3.63, 3.8) is 0 Å². The van der Waals surface area contributed by atoms with Crippen LogP contribution in [0.5, 0.6) is 0 Å². The van der Waals surface area contributed by atoms with Crippen molar-refractivity contribution in [2.24, 2.45) is 5.73 Å². The van der Waals surface area contributed by atoms with Crippen LogP contribution in [0.3, 0.4) is 0 Å². The Bertz CT molecular complexity index is 1100. The zero-order valence-electron chi connectivity index (χ0n) is 17.6. The molecule has 1 unspecified atom stereocenters. The Morgan fingerprint density at radius 2 is 2.24 bits per heavy atom. The Kier molecular flexibility index (Phi) is 6.76. The first-order valence-electron chi connectivity index (χ1n) is 9.76. The number of amides is 2. The minimum absolute atomic E-state index is 0.0617. The molecule has 2 aromatic heterocycles. The lowest BCUT2D eigenvalue weighted by Crippen LogP contribution is -2.80. The number of aromatic nitrogens is 4. The Labute approximate surface area is 200 Å². The third kappa shape index (κ3) is 4.26. The zero-order valence-corrected chi connectivity index (χ0v) is 20.1. The monoisotopic (exact) mass is 511 g/mol. The quantitative estimate of drug-likeness (QED) is 0.205. The first kappa shape index (κ1) is 23.7. The maximum absolute atomic E-state index is 13.2. The molecule has 3 atom stereocenters. The molecular formula is C18H21N7O5S3. The van der Waals surface area contributed by atoms with E-state index in [0.717, 1.165) is 9.75 Å². The number of β-lactam (4-membered cyclic amide) rings is 1. The van der Waals surface area contributed by atoms with Crippen molar-refractivity contribution in [2.75, 3.05) is 12.9 Å². The second kappa shape index (κ2) is 9.42. The van der Waals surface area contributed by atoms with Gasteiger partial charge in [0.15, 0.2) is 0 Å².